The number of nitrogens with zero attached hydrogens (tertiary/aromatic N) is 1. The summed E-state index contributed by atoms with van der Waals surface area (Å²) in [6, 6.07) is -3.35. The van der Waals surface area contributed by atoms with E-state index in [0.717, 1.165) is 7.11 Å². The molecule has 0 atom stereocenters. The summed E-state index contributed by atoms with van der Waals surface area (Å²) in [5, 5.41) is -0.0451. The summed E-state index contributed by atoms with van der Waals surface area (Å²) in [5.41, 5.74) is -1.45. The molecule has 13 heavy (non-hydrogen) atoms. The summed E-state index contributed by atoms with van der Waals surface area (Å²) < 4.78 is 31.3. The fourth-order valence-corrected chi connectivity index (χ4v) is 0.966. The zero-order valence-corrected chi connectivity index (χ0v) is 7.63. The number of hydrogen-bond acceptors (Lipinski definition) is 3. The molecule has 0 spiro atoms. The van der Waals surface area contributed by atoms with Gasteiger partial charge in [-0.1, -0.05) is 0 Å². The van der Waals surface area contributed by atoms with E-state index in [-0.39, 0.29) is 11.7 Å². The van der Waals surface area contributed by atoms with E-state index in [1.807, 2.05) is 0 Å². The molecule has 1 aliphatic rings. The minimum absolute atomic E-state index is 0.0451. The van der Waals surface area contributed by atoms with E-state index >= 15 is 0 Å². The molecule has 76 valence electrons. The zero-order valence-electron chi connectivity index (χ0n) is 7.63. The largest absolute Gasteiger partial charge is 0.447 e. The molecule has 0 bridgehead atoms. The zero-order chi connectivity index (χ0) is 10.3. The molecule has 1 rings (SSSR count). The number of halogens is 2. The first kappa shape index (κ1) is 10.2. The highest BCUT2D eigenvalue weighted by molar-refractivity contribution is 5.68. The third-order valence-corrected chi connectivity index (χ3v) is 1.97. The number of hydrogen-bond donors (Lipinski definition) is 0. The van der Waals surface area contributed by atoms with E-state index in [0.29, 0.717) is 0 Å². The van der Waals surface area contributed by atoms with Gasteiger partial charge in [0.2, 0.25) is 0 Å². The van der Waals surface area contributed by atoms with Gasteiger partial charge in [0.1, 0.15) is 6.61 Å². The molecule has 0 N–H and O–H groups in total. The minimum Gasteiger partial charge on any atom is -0.447 e. The summed E-state index contributed by atoms with van der Waals surface area (Å²) in [7, 11) is 0.997. The predicted octanol–water partition coefficient (Wildman–Crippen LogP) is 1.62. The molecule has 0 aromatic carbocycles. The molecule has 1 fully saturated rings. The van der Waals surface area contributed by atoms with Crippen LogP contribution in [-0.4, -0.2) is 30.9 Å². The van der Waals surface area contributed by atoms with E-state index in [4.69, 9.17) is 0 Å². The van der Waals surface area contributed by atoms with Gasteiger partial charge in [-0.2, -0.15) is 8.78 Å². The molecule has 0 unspecified atom stereocenters. The Labute approximate surface area is 74.4 Å². The second kappa shape index (κ2) is 2.80. The smallest absolute Gasteiger partial charge is 0.439 e. The first-order valence-corrected chi connectivity index (χ1v) is 3.72. The number of hydroxylamine groups is 2. The molecule has 1 amide bonds. The maximum atomic E-state index is 13.4. The molecular formula is C7H11F2NO3. The van der Waals surface area contributed by atoms with Crippen LogP contribution >= 0.6 is 0 Å². The highest BCUT2D eigenvalue weighted by atomic mass is 19.3. The van der Waals surface area contributed by atoms with Crippen LogP contribution in [0.25, 0.3) is 0 Å². The predicted molar refractivity (Wildman–Crippen MR) is 38.9 cm³/mol. The van der Waals surface area contributed by atoms with E-state index in [1.54, 1.807) is 0 Å². The van der Waals surface area contributed by atoms with Crippen molar-refractivity contribution in [2.75, 3.05) is 13.7 Å². The Balaban J connectivity index is 2.98. The average Bonchev–Trinajstić information content (AvgIpc) is 1.99. The maximum absolute atomic E-state index is 13.4. The van der Waals surface area contributed by atoms with Crippen LogP contribution in [0.15, 0.2) is 0 Å². The van der Waals surface area contributed by atoms with Crippen LogP contribution in [0.1, 0.15) is 13.8 Å². The lowest BCUT2D eigenvalue weighted by Crippen LogP contribution is -2.60. The second-order valence-corrected chi connectivity index (χ2v) is 3.46. The maximum Gasteiger partial charge on any atom is 0.439 e. The Kier molecular flexibility index (Phi) is 2.19. The standard InChI is InChI=1S/C7H11F2NO3/c1-6(2)4-13-5(11)10(12-3)7(6,8)9/h4H2,1-3H3/i10+1. The van der Waals surface area contributed by atoms with Gasteiger partial charge in [-0.3, -0.25) is 4.84 Å². The van der Waals surface area contributed by atoms with Crippen LogP contribution in [0.4, 0.5) is 13.6 Å². The number of alkyl halides is 2. The topological polar surface area (TPSA) is 38.8 Å². The quantitative estimate of drug-likeness (QED) is 0.472. The normalized spacial score (nSPS) is 25.6. The van der Waals surface area contributed by atoms with Crippen LogP contribution < -0.4 is 0 Å². The van der Waals surface area contributed by atoms with Crippen LogP contribution in [0, 0.1) is 5.41 Å². The molecule has 0 saturated carbocycles. The van der Waals surface area contributed by atoms with Gasteiger partial charge in [-0.05, 0) is 13.8 Å². The Morgan fingerprint density at radius 1 is 1.54 bits per heavy atom. The van der Waals surface area contributed by atoms with Gasteiger partial charge in [-0.25, -0.2) is 4.79 Å². The van der Waals surface area contributed by atoms with Crippen molar-refractivity contribution in [3.8, 4) is 0 Å². The molecule has 0 aromatic rings. The highest BCUT2D eigenvalue weighted by Gasteiger charge is 2.59. The number of amides is 1. The number of cyclic esters (lactones) is 1. The molecule has 6 heteroatoms. The number of rotatable bonds is 1. The van der Waals surface area contributed by atoms with Crippen LogP contribution in [-0.2, 0) is 9.57 Å². The van der Waals surface area contributed by atoms with E-state index < -0.39 is 17.6 Å². The second-order valence-electron chi connectivity index (χ2n) is 3.46. The van der Waals surface area contributed by atoms with E-state index in [2.05, 4.69) is 9.57 Å². The molecule has 0 aromatic heterocycles. The molecule has 1 heterocycles. The molecule has 0 aliphatic carbocycles. The van der Waals surface area contributed by atoms with Gasteiger partial charge in [0, 0.05) is 0 Å². The summed E-state index contributed by atoms with van der Waals surface area (Å²) >= 11 is 0. The molecule has 4 nitrogen and oxygen atoms in total. The van der Waals surface area contributed by atoms with Gasteiger partial charge in [-0.15, -0.1) is 5.06 Å². The fraction of sp³-hybridized carbons (Fsp3) is 0.857. The Morgan fingerprint density at radius 2 is 2.08 bits per heavy atom. The fourth-order valence-electron chi connectivity index (χ4n) is 0.966. The molecule has 1 aliphatic heterocycles. The summed E-state index contributed by atoms with van der Waals surface area (Å²) in [6.07, 6.45) is -1.16. The Morgan fingerprint density at radius 3 is 2.46 bits per heavy atom. The molecule has 0 radical (unpaired) electrons. The lowest BCUT2D eigenvalue weighted by atomic mass is 9.92. The number of carbonyl (C=O) groups is 1. The van der Waals surface area contributed by atoms with Crippen molar-refractivity contribution in [3.05, 3.63) is 0 Å². The van der Waals surface area contributed by atoms with Crippen molar-refractivity contribution in [1.29, 1.82) is 0 Å². The van der Waals surface area contributed by atoms with Crippen molar-refractivity contribution < 1.29 is 23.1 Å². The monoisotopic (exact) mass is 196 g/mol. The van der Waals surface area contributed by atoms with Gasteiger partial charge < -0.3 is 4.74 Å². The lowest BCUT2D eigenvalue weighted by Gasteiger charge is -2.42. The third-order valence-electron chi connectivity index (χ3n) is 1.97. The lowest BCUT2D eigenvalue weighted by molar-refractivity contribution is -0.343. The van der Waals surface area contributed by atoms with Crippen molar-refractivity contribution in [2.24, 2.45) is 5.41 Å². The molecular weight excluding hydrogens is 185 g/mol. The Bertz CT molecular complexity index is 230. The Hall–Kier alpha value is -0.910. The highest BCUT2D eigenvalue weighted by Crippen LogP contribution is 2.42. The summed E-state index contributed by atoms with van der Waals surface area (Å²) in [6.45, 7) is 2.27. The first-order chi connectivity index (χ1) is 5.83. The van der Waals surface area contributed by atoms with Crippen molar-refractivity contribution in [3.63, 3.8) is 0 Å². The van der Waals surface area contributed by atoms with E-state index in [9.17, 15) is 13.6 Å². The van der Waals surface area contributed by atoms with Crippen molar-refractivity contribution >= 4 is 6.09 Å². The van der Waals surface area contributed by atoms with E-state index in [1.165, 1.54) is 13.8 Å². The van der Waals surface area contributed by atoms with Gasteiger partial charge in [0.05, 0.1) is 12.5 Å². The van der Waals surface area contributed by atoms with Gasteiger partial charge >= 0.3 is 12.1 Å². The average molecular weight is 196 g/mol. The molecule has 1 saturated heterocycles. The van der Waals surface area contributed by atoms with Gasteiger partial charge in [0.25, 0.3) is 0 Å². The summed E-state index contributed by atoms with van der Waals surface area (Å²) in [5.74, 6) is 0. The van der Waals surface area contributed by atoms with Crippen LogP contribution in [0.5, 0.6) is 0 Å². The summed E-state index contributed by atoms with van der Waals surface area (Å²) in [4.78, 5) is 15.1. The number of carbonyl (C=O) groups excluding carboxylic acids is 1. The van der Waals surface area contributed by atoms with Crippen LogP contribution in [0.2, 0.25) is 0 Å². The minimum atomic E-state index is -3.35. The van der Waals surface area contributed by atoms with Crippen LogP contribution in [0.3, 0.4) is 0 Å². The third kappa shape index (κ3) is 1.35. The van der Waals surface area contributed by atoms with Crippen molar-refractivity contribution in [1.82, 2.24) is 5.06 Å². The number of ether oxygens (including phenoxy) is 1. The van der Waals surface area contributed by atoms with Crippen molar-refractivity contribution in [2.45, 2.75) is 19.9 Å². The van der Waals surface area contributed by atoms with Gasteiger partial charge in [0.15, 0.2) is 0 Å². The SMILES string of the molecule is CO[15N]1C(=O)OCC(C)(C)C1(F)F. The first-order valence-electron chi connectivity index (χ1n) is 3.72.